The fourth-order valence-electron chi connectivity index (χ4n) is 4.28. The molecule has 1 fully saturated rings. The van der Waals surface area contributed by atoms with Crippen molar-refractivity contribution < 1.29 is 22.0 Å². The number of fused-ring (bicyclic) bond motifs is 1. The van der Waals surface area contributed by atoms with Gasteiger partial charge in [0, 0.05) is 43.1 Å². The molecule has 2 aliphatic carbocycles. The number of hydrogen-bond donors (Lipinski definition) is 0. The summed E-state index contributed by atoms with van der Waals surface area (Å²) in [7, 11) is -3.93. The average Bonchev–Trinajstić information content (AvgIpc) is 3.53. The van der Waals surface area contributed by atoms with Crippen LogP contribution in [0.2, 0.25) is 0 Å². The Morgan fingerprint density at radius 3 is 2.66 bits per heavy atom. The maximum atomic E-state index is 13.6. The molecular formula is C24H22F2N2O3S. The van der Waals surface area contributed by atoms with Crippen LogP contribution in [0, 0.1) is 17.6 Å². The van der Waals surface area contributed by atoms with Crippen LogP contribution in [0.25, 0.3) is 11.6 Å². The van der Waals surface area contributed by atoms with Crippen LogP contribution < -0.4 is 0 Å². The van der Waals surface area contributed by atoms with Crippen molar-refractivity contribution in [2.24, 2.45) is 5.92 Å². The van der Waals surface area contributed by atoms with Crippen LogP contribution in [0.5, 0.6) is 0 Å². The minimum absolute atomic E-state index is 0.133. The third kappa shape index (κ3) is 3.93. The van der Waals surface area contributed by atoms with E-state index in [1.54, 1.807) is 0 Å². The van der Waals surface area contributed by atoms with Gasteiger partial charge in [0.05, 0.1) is 10.6 Å². The molecule has 1 aliphatic heterocycles. The third-order valence-corrected chi connectivity index (χ3v) is 8.08. The lowest BCUT2D eigenvalue weighted by atomic mass is 9.94. The van der Waals surface area contributed by atoms with Gasteiger partial charge < -0.3 is 0 Å². The average molecular weight is 457 g/mol. The standard InChI is InChI=1S/C24H22F2N2O3S/c25-21-7-6-18(14-22(21)26)32(30,31)28-10-8-15(9-11-28)20-12-17(13-24(29)16-4-5-16)27-23-3-1-2-19(20)23/h1-2,6-8,12,14,16H,3-5,9-11,13H2. The van der Waals surface area contributed by atoms with Crippen molar-refractivity contribution in [3.63, 3.8) is 0 Å². The van der Waals surface area contributed by atoms with E-state index in [9.17, 15) is 22.0 Å². The number of nitrogens with zero attached hydrogens (tertiary/aromatic N) is 2. The molecule has 1 aromatic heterocycles. The Balaban J connectivity index is 1.41. The molecule has 1 aromatic carbocycles. The van der Waals surface area contributed by atoms with E-state index in [1.165, 1.54) is 4.31 Å². The third-order valence-electron chi connectivity index (χ3n) is 6.22. The van der Waals surface area contributed by atoms with Crippen LogP contribution in [0.15, 0.2) is 41.3 Å². The molecule has 0 bridgehead atoms. The van der Waals surface area contributed by atoms with Gasteiger partial charge in [-0.15, -0.1) is 0 Å². The van der Waals surface area contributed by atoms with Crippen LogP contribution in [-0.2, 0) is 27.7 Å². The number of halogens is 2. The number of aromatic nitrogens is 1. The van der Waals surface area contributed by atoms with Crippen LogP contribution >= 0.6 is 0 Å². The van der Waals surface area contributed by atoms with Gasteiger partial charge in [0.15, 0.2) is 11.6 Å². The summed E-state index contributed by atoms with van der Waals surface area (Å²) in [5.74, 6) is -1.86. The van der Waals surface area contributed by atoms with Crippen LogP contribution in [0.1, 0.15) is 41.8 Å². The normalized spacial score (nSPS) is 18.5. The predicted molar refractivity (Wildman–Crippen MR) is 116 cm³/mol. The first-order valence-electron chi connectivity index (χ1n) is 10.7. The lowest BCUT2D eigenvalue weighted by Crippen LogP contribution is -2.34. The van der Waals surface area contributed by atoms with Gasteiger partial charge in [0.1, 0.15) is 5.78 Å². The summed E-state index contributed by atoms with van der Waals surface area (Å²) in [6, 6.07) is 4.58. The molecule has 5 rings (SSSR count). The maximum absolute atomic E-state index is 13.6. The highest BCUT2D eigenvalue weighted by atomic mass is 32.2. The fourth-order valence-corrected chi connectivity index (χ4v) is 5.67. The van der Waals surface area contributed by atoms with E-state index in [-0.39, 0.29) is 29.7 Å². The highest BCUT2D eigenvalue weighted by Crippen LogP contribution is 2.34. The van der Waals surface area contributed by atoms with Crippen molar-refractivity contribution in [1.82, 2.24) is 9.29 Å². The molecule has 0 unspecified atom stereocenters. The molecule has 166 valence electrons. The fraction of sp³-hybridized carbons (Fsp3) is 0.333. The molecular weight excluding hydrogens is 434 g/mol. The molecule has 8 heteroatoms. The Morgan fingerprint density at radius 1 is 1.16 bits per heavy atom. The molecule has 0 spiro atoms. The number of rotatable bonds is 6. The van der Waals surface area contributed by atoms with Crippen LogP contribution in [-0.4, -0.2) is 36.6 Å². The Kier molecular flexibility index (Phi) is 5.29. The first-order chi connectivity index (χ1) is 15.3. The van der Waals surface area contributed by atoms with Crippen molar-refractivity contribution in [2.75, 3.05) is 13.1 Å². The highest BCUT2D eigenvalue weighted by molar-refractivity contribution is 7.89. The molecule has 0 radical (unpaired) electrons. The number of Topliss-reactive ketones (excluding diaryl/α,β-unsaturated/α-hetero) is 1. The van der Waals surface area contributed by atoms with E-state index >= 15 is 0 Å². The Bertz CT molecular complexity index is 1280. The molecule has 0 saturated heterocycles. The zero-order chi connectivity index (χ0) is 22.5. The number of allylic oxidation sites excluding steroid dienone is 1. The van der Waals surface area contributed by atoms with E-state index in [1.807, 2.05) is 24.3 Å². The van der Waals surface area contributed by atoms with E-state index in [0.29, 0.717) is 18.9 Å². The second-order valence-electron chi connectivity index (χ2n) is 8.46. The molecule has 32 heavy (non-hydrogen) atoms. The molecule has 0 atom stereocenters. The Hall–Kier alpha value is -2.71. The Labute approximate surface area is 185 Å². The molecule has 0 N–H and O–H groups in total. The summed E-state index contributed by atoms with van der Waals surface area (Å²) < 4.78 is 53.8. The maximum Gasteiger partial charge on any atom is 0.243 e. The van der Waals surface area contributed by atoms with Crippen molar-refractivity contribution in [3.05, 3.63) is 70.6 Å². The molecule has 0 amide bonds. The highest BCUT2D eigenvalue weighted by Gasteiger charge is 2.31. The van der Waals surface area contributed by atoms with Gasteiger partial charge >= 0.3 is 0 Å². The first-order valence-corrected chi connectivity index (χ1v) is 12.1. The quantitative estimate of drug-likeness (QED) is 0.661. The van der Waals surface area contributed by atoms with Gasteiger partial charge in [-0.3, -0.25) is 9.78 Å². The van der Waals surface area contributed by atoms with E-state index in [2.05, 4.69) is 4.98 Å². The predicted octanol–water partition coefficient (Wildman–Crippen LogP) is 3.93. The monoisotopic (exact) mass is 456 g/mol. The number of carbonyl (C=O) groups excluding carboxylic acids is 1. The zero-order valence-corrected chi connectivity index (χ0v) is 18.2. The minimum atomic E-state index is -3.93. The number of hydrogen-bond acceptors (Lipinski definition) is 4. The summed E-state index contributed by atoms with van der Waals surface area (Å²) in [4.78, 5) is 16.7. The number of sulfonamides is 1. The second-order valence-corrected chi connectivity index (χ2v) is 10.4. The molecule has 3 aliphatic rings. The molecule has 5 nitrogen and oxygen atoms in total. The zero-order valence-electron chi connectivity index (χ0n) is 17.4. The molecule has 1 saturated carbocycles. The van der Waals surface area contributed by atoms with Crippen molar-refractivity contribution in [2.45, 2.75) is 37.0 Å². The van der Waals surface area contributed by atoms with Crippen molar-refractivity contribution >= 4 is 27.5 Å². The van der Waals surface area contributed by atoms with Gasteiger partial charge in [-0.1, -0.05) is 18.2 Å². The van der Waals surface area contributed by atoms with E-state index < -0.39 is 21.7 Å². The smallest absolute Gasteiger partial charge is 0.243 e. The summed E-state index contributed by atoms with van der Waals surface area (Å²) >= 11 is 0. The number of benzene rings is 1. The van der Waals surface area contributed by atoms with Gasteiger partial charge in [-0.25, -0.2) is 17.2 Å². The van der Waals surface area contributed by atoms with Gasteiger partial charge in [-0.2, -0.15) is 4.31 Å². The topological polar surface area (TPSA) is 67.3 Å². The van der Waals surface area contributed by atoms with Gasteiger partial charge in [-0.05, 0) is 54.7 Å². The van der Waals surface area contributed by atoms with Crippen LogP contribution in [0.3, 0.4) is 0 Å². The van der Waals surface area contributed by atoms with Gasteiger partial charge in [0.2, 0.25) is 10.0 Å². The number of carbonyl (C=O) groups is 1. The minimum Gasteiger partial charge on any atom is -0.299 e. The summed E-state index contributed by atoms with van der Waals surface area (Å²) in [6.45, 7) is 0.359. The van der Waals surface area contributed by atoms with Crippen LogP contribution in [0.4, 0.5) is 8.78 Å². The number of ketones is 1. The number of pyridine rings is 1. The van der Waals surface area contributed by atoms with Crippen molar-refractivity contribution in [1.29, 1.82) is 0 Å². The first kappa shape index (κ1) is 21.2. The lowest BCUT2D eigenvalue weighted by Gasteiger charge is -2.27. The summed E-state index contributed by atoms with van der Waals surface area (Å²) in [5, 5.41) is 0. The summed E-state index contributed by atoms with van der Waals surface area (Å²) in [5.41, 5.74) is 4.73. The largest absolute Gasteiger partial charge is 0.299 e. The molecule has 2 heterocycles. The van der Waals surface area contributed by atoms with Crippen molar-refractivity contribution in [3.8, 4) is 0 Å². The molecule has 2 aromatic rings. The SMILES string of the molecule is O=C(Cc1cc(C2=CCN(S(=O)(=O)c3ccc(F)c(F)c3)CC2)c2c(n1)CC=C2)C1CC1. The second kappa shape index (κ2) is 8.01. The lowest BCUT2D eigenvalue weighted by molar-refractivity contribution is -0.119. The van der Waals surface area contributed by atoms with Gasteiger partial charge in [0.25, 0.3) is 0 Å². The van der Waals surface area contributed by atoms with E-state index in [4.69, 9.17) is 0 Å². The van der Waals surface area contributed by atoms with E-state index in [0.717, 1.165) is 59.5 Å². The summed E-state index contributed by atoms with van der Waals surface area (Å²) in [6.07, 6.45) is 9.37. The Morgan fingerprint density at radius 2 is 1.97 bits per heavy atom.